The van der Waals surface area contributed by atoms with Gasteiger partial charge in [0.05, 0.1) is 5.56 Å². The highest BCUT2D eigenvalue weighted by Gasteiger charge is 2.29. The van der Waals surface area contributed by atoms with E-state index in [1.807, 2.05) is 0 Å². The van der Waals surface area contributed by atoms with E-state index in [4.69, 9.17) is 5.11 Å². The second-order valence-corrected chi connectivity index (χ2v) is 4.94. The van der Waals surface area contributed by atoms with Crippen molar-refractivity contribution in [1.82, 2.24) is 9.97 Å². The molecule has 3 rings (SSSR count). The third-order valence-electron chi connectivity index (χ3n) is 3.50. The SMILES string of the molecule is O=C(O)c1cnc2c(c1)C[C@H](C(=O)Nc1ccccn1)C2. The highest BCUT2D eigenvalue weighted by molar-refractivity contribution is 5.92. The lowest BCUT2D eigenvalue weighted by molar-refractivity contribution is -0.119. The number of carboxylic acid groups (broad SMARTS) is 1. The zero-order valence-electron chi connectivity index (χ0n) is 11.1. The van der Waals surface area contributed by atoms with Gasteiger partial charge in [-0.2, -0.15) is 0 Å². The molecule has 0 saturated heterocycles. The van der Waals surface area contributed by atoms with Crippen LogP contribution in [0.2, 0.25) is 0 Å². The number of rotatable bonds is 3. The van der Waals surface area contributed by atoms with Gasteiger partial charge in [0.25, 0.3) is 0 Å². The highest BCUT2D eigenvalue weighted by atomic mass is 16.4. The van der Waals surface area contributed by atoms with Crippen molar-refractivity contribution in [2.24, 2.45) is 5.92 Å². The smallest absolute Gasteiger partial charge is 0.337 e. The molecule has 0 radical (unpaired) electrons. The van der Waals surface area contributed by atoms with E-state index in [1.165, 1.54) is 6.20 Å². The van der Waals surface area contributed by atoms with Crippen LogP contribution in [0.4, 0.5) is 5.82 Å². The molecular weight excluding hydrogens is 270 g/mol. The minimum Gasteiger partial charge on any atom is -0.478 e. The Balaban J connectivity index is 1.72. The van der Waals surface area contributed by atoms with Gasteiger partial charge in [-0.05, 0) is 30.2 Å². The number of carboxylic acids is 1. The van der Waals surface area contributed by atoms with Gasteiger partial charge in [-0.3, -0.25) is 9.78 Å². The van der Waals surface area contributed by atoms with Crippen LogP contribution in [0.3, 0.4) is 0 Å². The van der Waals surface area contributed by atoms with Crippen molar-refractivity contribution in [3.63, 3.8) is 0 Å². The molecule has 2 N–H and O–H groups in total. The first kappa shape index (κ1) is 13.2. The maximum atomic E-state index is 12.2. The third kappa shape index (κ3) is 2.74. The number of amides is 1. The summed E-state index contributed by atoms with van der Waals surface area (Å²) in [7, 11) is 0. The van der Waals surface area contributed by atoms with Gasteiger partial charge >= 0.3 is 5.97 Å². The highest BCUT2D eigenvalue weighted by Crippen LogP contribution is 2.26. The predicted molar refractivity (Wildman–Crippen MR) is 75.0 cm³/mol. The summed E-state index contributed by atoms with van der Waals surface area (Å²) >= 11 is 0. The minimum atomic E-state index is -1.01. The number of nitrogens with one attached hydrogen (secondary N) is 1. The molecule has 0 spiro atoms. The van der Waals surface area contributed by atoms with Crippen LogP contribution in [-0.2, 0) is 17.6 Å². The fourth-order valence-electron chi connectivity index (χ4n) is 2.44. The summed E-state index contributed by atoms with van der Waals surface area (Å²) in [6.07, 6.45) is 3.97. The molecule has 2 aromatic heterocycles. The Kier molecular flexibility index (Phi) is 3.35. The number of aromatic carboxylic acids is 1. The van der Waals surface area contributed by atoms with Crippen LogP contribution in [0, 0.1) is 5.92 Å². The fourth-order valence-corrected chi connectivity index (χ4v) is 2.44. The van der Waals surface area contributed by atoms with Crippen molar-refractivity contribution >= 4 is 17.7 Å². The van der Waals surface area contributed by atoms with E-state index < -0.39 is 5.97 Å². The molecule has 6 nitrogen and oxygen atoms in total. The molecule has 0 bridgehead atoms. The molecule has 6 heteroatoms. The van der Waals surface area contributed by atoms with Gasteiger partial charge in [-0.25, -0.2) is 9.78 Å². The quantitative estimate of drug-likeness (QED) is 0.891. The van der Waals surface area contributed by atoms with Crippen molar-refractivity contribution in [1.29, 1.82) is 0 Å². The summed E-state index contributed by atoms with van der Waals surface area (Å²) in [6, 6.07) is 6.89. The Hall–Kier alpha value is -2.76. The number of pyridine rings is 2. The summed E-state index contributed by atoms with van der Waals surface area (Å²) in [5, 5.41) is 11.7. The Labute approximate surface area is 120 Å². The van der Waals surface area contributed by atoms with E-state index in [2.05, 4.69) is 15.3 Å². The van der Waals surface area contributed by atoms with Gasteiger partial charge in [0.1, 0.15) is 5.82 Å². The molecule has 1 aliphatic rings. The molecule has 1 amide bonds. The summed E-state index contributed by atoms with van der Waals surface area (Å²) in [6.45, 7) is 0. The molecule has 0 aliphatic heterocycles. The number of aromatic nitrogens is 2. The van der Waals surface area contributed by atoms with Crippen molar-refractivity contribution in [2.45, 2.75) is 12.8 Å². The van der Waals surface area contributed by atoms with Gasteiger partial charge in [0.15, 0.2) is 0 Å². The summed E-state index contributed by atoms with van der Waals surface area (Å²) in [5.74, 6) is -0.855. The first-order chi connectivity index (χ1) is 10.1. The molecule has 1 atom stereocenters. The number of hydrogen-bond acceptors (Lipinski definition) is 4. The van der Waals surface area contributed by atoms with Crippen molar-refractivity contribution in [2.75, 3.05) is 5.32 Å². The second-order valence-electron chi connectivity index (χ2n) is 4.94. The molecule has 2 aromatic rings. The van der Waals surface area contributed by atoms with Crippen LogP contribution in [0.15, 0.2) is 36.7 Å². The van der Waals surface area contributed by atoms with Gasteiger partial charge in [0, 0.05) is 30.4 Å². The standard InChI is InChI=1S/C15H13N3O3/c19-14(18-13-3-1-2-4-16-13)10-5-9-6-11(15(20)21)8-17-12(9)7-10/h1-4,6,8,10H,5,7H2,(H,20,21)(H,16,18,19)/t10-/m0/s1. The van der Waals surface area contributed by atoms with Crippen molar-refractivity contribution in [3.05, 3.63) is 53.5 Å². The number of nitrogens with zero attached hydrogens (tertiary/aromatic N) is 2. The van der Waals surface area contributed by atoms with Crippen LogP contribution in [0.1, 0.15) is 21.6 Å². The fraction of sp³-hybridized carbons (Fsp3) is 0.200. The van der Waals surface area contributed by atoms with Crippen LogP contribution < -0.4 is 5.32 Å². The third-order valence-corrected chi connectivity index (χ3v) is 3.50. The zero-order valence-corrected chi connectivity index (χ0v) is 11.1. The van der Waals surface area contributed by atoms with Crippen molar-refractivity contribution in [3.8, 4) is 0 Å². The maximum Gasteiger partial charge on any atom is 0.337 e. The van der Waals surface area contributed by atoms with E-state index in [1.54, 1.807) is 30.5 Å². The average Bonchev–Trinajstić information content (AvgIpc) is 2.91. The van der Waals surface area contributed by atoms with E-state index in [9.17, 15) is 9.59 Å². The summed E-state index contributed by atoms with van der Waals surface area (Å²) in [4.78, 5) is 31.3. The molecule has 106 valence electrons. The van der Waals surface area contributed by atoms with Crippen LogP contribution in [0.25, 0.3) is 0 Å². The average molecular weight is 283 g/mol. The lowest BCUT2D eigenvalue weighted by Crippen LogP contribution is -2.23. The lowest BCUT2D eigenvalue weighted by atomic mass is 10.1. The lowest BCUT2D eigenvalue weighted by Gasteiger charge is -2.09. The van der Waals surface area contributed by atoms with Crippen LogP contribution >= 0.6 is 0 Å². The maximum absolute atomic E-state index is 12.2. The van der Waals surface area contributed by atoms with Crippen LogP contribution in [-0.4, -0.2) is 27.0 Å². The number of anilines is 1. The first-order valence-corrected chi connectivity index (χ1v) is 6.56. The van der Waals surface area contributed by atoms with Gasteiger partial charge in [-0.15, -0.1) is 0 Å². The van der Waals surface area contributed by atoms with E-state index in [0.29, 0.717) is 18.7 Å². The number of fused-ring (bicyclic) bond motifs is 1. The molecular formula is C15H13N3O3. The summed E-state index contributed by atoms with van der Waals surface area (Å²) in [5.41, 5.74) is 1.77. The second kappa shape index (κ2) is 5.32. The first-order valence-electron chi connectivity index (χ1n) is 6.56. The molecule has 2 heterocycles. The Bertz CT molecular complexity index is 701. The zero-order chi connectivity index (χ0) is 14.8. The number of hydrogen-bond donors (Lipinski definition) is 2. The molecule has 0 fully saturated rings. The number of carbonyl (C=O) groups is 2. The Morgan fingerprint density at radius 1 is 1.24 bits per heavy atom. The normalized spacial score (nSPS) is 16.3. The van der Waals surface area contributed by atoms with Gasteiger partial charge < -0.3 is 10.4 Å². The Morgan fingerprint density at radius 2 is 2.10 bits per heavy atom. The number of carbonyl (C=O) groups excluding carboxylic acids is 1. The van der Waals surface area contributed by atoms with E-state index >= 15 is 0 Å². The predicted octanol–water partition coefficient (Wildman–Crippen LogP) is 1.53. The van der Waals surface area contributed by atoms with E-state index in [0.717, 1.165) is 11.3 Å². The molecule has 0 unspecified atom stereocenters. The van der Waals surface area contributed by atoms with Gasteiger partial charge in [0.2, 0.25) is 5.91 Å². The molecule has 21 heavy (non-hydrogen) atoms. The summed E-state index contributed by atoms with van der Waals surface area (Å²) < 4.78 is 0. The van der Waals surface area contributed by atoms with Crippen LogP contribution in [0.5, 0.6) is 0 Å². The van der Waals surface area contributed by atoms with Gasteiger partial charge in [-0.1, -0.05) is 6.07 Å². The monoisotopic (exact) mass is 283 g/mol. The van der Waals surface area contributed by atoms with Crippen molar-refractivity contribution < 1.29 is 14.7 Å². The molecule has 0 aromatic carbocycles. The minimum absolute atomic E-state index is 0.122. The Morgan fingerprint density at radius 3 is 2.81 bits per heavy atom. The molecule has 1 aliphatic carbocycles. The van der Waals surface area contributed by atoms with E-state index in [-0.39, 0.29) is 17.4 Å². The topological polar surface area (TPSA) is 92.2 Å². The largest absolute Gasteiger partial charge is 0.478 e. The molecule has 0 saturated carbocycles.